The Morgan fingerprint density at radius 2 is 1.67 bits per heavy atom. The molecular formula is C36H47F5N2O5. The smallest absolute Gasteiger partial charge is 0.385 e. The molecule has 0 bridgehead atoms. The minimum atomic E-state index is -5.92. The molecule has 2 amide bonds. The molecular weight excluding hydrogens is 635 g/mol. The monoisotopic (exact) mass is 682 g/mol. The van der Waals surface area contributed by atoms with Gasteiger partial charge in [-0.2, -0.15) is 22.0 Å². The number of amides is 2. The summed E-state index contributed by atoms with van der Waals surface area (Å²) >= 11 is 0. The molecule has 0 unspecified atom stereocenters. The Morgan fingerprint density at radius 3 is 2.29 bits per heavy atom. The summed E-state index contributed by atoms with van der Waals surface area (Å²) in [6, 6.07) is 6.82. The van der Waals surface area contributed by atoms with Gasteiger partial charge in [-0.05, 0) is 67.1 Å². The first-order chi connectivity index (χ1) is 22.3. The Balaban J connectivity index is 1.39. The van der Waals surface area contributed by atoms with Crippen LogP contribution < -0.4 is 10.6 Å². The van der Waals surface area contributed by atoms with E-state index in [0.29, 0.717) is 51.0 Å². The lowest BCUT2D eigenvalue weighted by Gasteiger charge is -2.59. The molecule has 3 saturated carbocycles. The predicted octanol–water partition coefficient (Wildman–Crippen LogP) is 6.90. The van der Waals surface area contributed by atoms with Crippen molar-refractivity contribution in [1.29, 1.82) is 0 Å². The number of fused-ring (bicyclic) bond motifs is 4. The lowest BCUT2D eigenvalue weighted by atomic mass is 9.49. The van der Waals surface area contributed by atoms with E-state index in [-0.39, 0.29) is 37.3 Å². The molecule has 48 heavy (non-hydrogen) atoms. The maximum atomic E-state index is 15.4. The van der Waals surface area contributed by atoms with Crippen molar-refractivity contribution in [3.8, 4) is 0 Å². The van der Waals surface area contributed by atoms with Gasteiger partial charge in [-0.3, -0.25) is 0 Å². The van der Waals surface area contributed by atoms with Gasteiger partial charge in [0.05, 0.1) is 18.8 Å². The molecule has 0 aromatic heterocycles. The highest BCUT2D eigenvalue weighted by Gasteiger charge is 2.79. The molecule has 266 valence electrons. The SMILES string of the molecule is C=CCNC(=O)NCc1ccc([C@H]2C[C@@]3(C)[C@@H](CC[C@@]3(O)C(F)(F)C(F)(F)F)[C@@H]3CC[C@@]4(O)CC5(CCC4=C32)OCC(C)(C)CO5)cc1. The molecule has 6 rings (SSSR count). The van der Waals surface area contributed by atoms with E-state index in [9.17, 15) is 28.2 Å². The van der Waals surface area contributed by atoms with E-state index >= 15 is 8.78 Å². The standard InChI is InChI=1S/C36H47F5N2O5/c1-5-16-42-29(44)43-18-22-6-8-23(9-7-22)25-17-31(4)26(12-15-34(31,46)35(37,38)36(39,40)41)24-10-13-32(45)19-33(14-11-27(32)28(24)25)47-20-30(2,3)21-48-33/h5-9,24-26,45-46H,1,10-21H2,2-4H3,(H2,42,43,44)/t24-,25+,26-,31-,32+,34-/m0/s1. The quantitative estimate of drug-likeness (QED) is 0.194. The van der Waals surface area contributed by atoms with E-state index in [4.69, 9.17) is 9.47 Å². The Morgan fingerprint density at radius 1 is 1.00 bits per heavy atom. The average Bonchev–Trinajstić information content (AvgIpc) is 3.30. The van der Waals surface area contributed by atoms with Crippen molar-refractivity contribution < 1.29 is 46.4 Å². The second-order valence-electron chi connectivity index (χ2n) is 15.8. The van der Waals surface area contributed by atoms with Crippen LogP contribution >= 0.6 is 0 Å². The topological polar surface area (TPSA) is 100 Å². The van der Waals surface area contributed by atoms with Crippen molar-refractivity contribution in [2.24, 2.45) is 22.7 Å². The highest BCUT2D eigenvalue weighted by Crippen LogP contribution is 2.71. The van der Waals surface area contributed by atoms with Gasteiger partial charge in [0, 0.05) is 42.7 Å². The third kappa shape index (κ3) is 5.58. The summed E-state index contributed by atoms with van der Waals surface area (Å²) in [6.45, 7) is 10.5. The first-order valence-electron chi connectivity index (χ1n) is 16.9. The lowest BCUT2D eigenvalue weighted by molar-refractivity contribution is -0.362. The first kappa shape index (κ1) is 35.3. The highest BCUT2D eigenvalue weighted by molar-refractivity contribution is 5.73. The molecule has 6 atom stereocenters. The number of alkyl halides is 5. The third-order valence-corrected chi connectivity index (χ3v) is 12.1. The van der Waals surface area contributed by atoms with Crippen LogP contribution in [0.5, 0.6) is 0 Å². The van der Waals surface area contributed by atoms with Gasteiger partial charge in [0.2, 0.25) is 0 Å². The molecule has 1 aromatic carbocycles. The maximum absolute atomic E-state index is 15.4. The van der Waals surface area contributed by atoms with Crippen LogP contribution in [0.3, 0.4) is 0 Å². The highest BCUT2D eigenvalue weighted by atomic mass is 19.4. The summed E-state index contributed by atoms with van der Waals surface area (Å²) in [5.74, 6) is -7.90. The number of hydrogen-bond donors (Lipinski definition) is 4. The van der Waals surface area contributed by atoms with Crippen LogP contribution in [0, 0.1) is 22.7 Å². The number of allylic oxidation sites excluding steroid dienone is 1. The zero-order chi connectivity index (χ0) is 35.0. The van der Waals surface area contributed by atoms with Crippen molar-refractivity contribution in [2.75, 3.05) is 19.8 Å². The molecule has 1 saturated heterocycles. The van der Waals surface area contributed by atoms with Gasteiger partial charge >= 0.3 is 18.1 Å². The molecule has 4 aliphatic carbocycles. The van der Waals surface area contributed by atoms with Gasteiger partial charge in [0.15, 0.2) is 5.79 Å². The number of aliphatic hydroxyl groups is 2. The summed E-state index contributed by atoms with van der Waals surface area (Å²) in [7, 11) is 0. The van der Waals surface area contributed by atoms with E-state index < -0.39 is 58.7 Å². The van der Waals surface area contributed by atoms with Crippen molar-refractivity contribution >= 4 is 6.03 Å². The molecule has 4 N–H and O–H groups in total. The van der Waals surface area contributed by atoms with Gasteiger partial charge in [0.25, 0.3) is 0 Å². The van der Waals surface area contributed by atoms with Gasteiger partial charge in [-0.15, -0.1) is 6.58 Å². The molecule has 0 radical (unpaired) electrons. The fraction of sp³-hybridized carbons (Fsp3) is 0.694. The fourth-order valence-corrected chi connectivity index (χ4v) is 9.58. The molecule has 4 fully saturated rings. The summed E-state index contributed by atoms with van der Waals surface area (Å²) < 4.78 is 85.1. The fourth-order valence-electron chi connectivity index (χ4n) is 9.58. The van der Waals surface area contributed by atoms with Crippen LogP contribution in [-0.4, -0.2) is 65.1 Å². The van der Waals surface area contributed by atoms with E-state index in [1.54, 1.807) is 30.3 Å². The van der Waals surface area contributed by atoms with Crippen molar-refractivity contribution in [2.45, 2.75) is 114 Å². The van der Waals surface area contributed by atoms with Crippen LogP contribution in [0.2, 0.25) is 0 Å². The minimum Gasteiger partial charge on any atom is -0.385 e. The predicted molar refractivity (Wildman–Crippen MR) is 168 cm³/mol. The number of carbonyl (C=O) groups is 1. The normalized spacial score (nSPS) is 35.8. The zero-order valence-electron chi connectivity index (χ0n) is 27.8. The summed E-state index contributed by atoms with van der Waals surface area (Å²) in [5, 5.41) is 29.3. The number of rotatable bonds is 6. The van der Waals surface area contributed by atoms with Crippen LogP contribution in [0.25, 0.3) is 0 Å². The lowest BCUT2D eigenvalue weighted by Crippen LogP contribution is -2.65. The Hall–Kier alpha value is -2.54. The summed E-state index contributed by atoms with van der Waals surface area (Å²) in [6.07, 6.45) is -3.34. The average molecular weight is 683 g/mol. The van der Waals surface area contributed by atoms with Gasteiger partial charge in [-0.1, -0.05) is 56.7 Å². The Labute approximate surface area is 278 Å². The first-order valence-corrected chi connectivity index (χ1v) is 16.9. The molecule has 1 heterocycles. The number of urea groups is 1. The van der Waals surface area contributed by atoms with Crippen LogP contribution in [-0.2, 0) is 16.0 Å². The Bertz CT molecular complexity index is 1450. The van der Waals surface area contributed by atoms with E-state index in [1.165, 1.54) is 6.92 Å². The van der Waals surface area contributed by atoms with E-state index in [2.05, 4.69) is 17.2 Å². The Kier molecular flexibility index (Phi) is 8.66. The van der Waals surface area contributed by atoms with Crippen LogP contribution in [0.1, 0.15) is 89.2 Å². The van der Waals surface area contributed by atoms with Crippen molar-refractivity contribution in [3.63, 3.8) is 0 Å². The zero-order valence-corrected chi connectivity index (χ0v) is 27.8. The molecule has 1 spiro atoms. The third-order valence-electron chi connectivity index (χ3n) is 12.1. The summed E-state index contributed by atoms with van der Waals surface area (Å²) in [5.41, 5.74) is -3.35. The second-order valence-corrected chi connectivity index (χ2v) is 15.8. The van der Waals surface area contributed by atoms with E-state index in [0.717, 1.165) is 16.7 Å². The number of halogens is 5. The van der Waals surface area contributed by atoms with E-state index in [1.807, 2.05) is 13.8 Å². The minimum absolute atomic E-state index is 0.0228. The van der Waals surface area contributed by atoms with Crippen LogP contribution in [0.4, 0.5) is 26.7 Å². The second kappa shape index (κ2) is 11.8. The van der Waals surface area contributed by atoms with Crippen molar-refractivity contribution in [1.82, 2.24) is 10.6 Å². The largest absolute Gasteiger partial charge is 0.456 e. The van der Waals surface area contributed by atoms with Crippen molar-refractivity contribution in [3.05, 3.63) is 59.2 Å². The number of benzene rings is 1. The maximum Gasteiger partial charge on any atom is 0.456 e. The number of nitrogens with one attached hydrogen (secondary N) is 2. The molecule has 1 aliphatic heterocycles. The number of carbonyl (C=O) groups excluding carboxylic acids is 1. The molecule has 12 heteroatoms. The summed E-state index contributed by atoms with van der Waals surface area (Å²) in [4.78, 5) is 12.0. The van der Waals surface area contributed by atoms with Gasteiger partial charge < -0.3 is 30.3 Å². The molecule has 5 aliphatic rings. The number of ether oxygens (including phenoxy) is 2. The number of hydrogen-bond acceptors (Lipinski definition) is 5. The van der Waals surface area contributed by atoms with Gasteiger partial charge in [-0.25, -0.2) is 4.79 Å². The molecule has 7 nitrogen and oxygen atoms in total. The molecule has 1 aromatic rings. The van der Waals surface area contributed by atoms with Gasteiger partial charge in [0.1, 0.15) is 5.60 Å². The van der Waals surface area contributed by atoms with Crippen LogP contribution in [0.15, 0.2) is 48.1 Å².